The highest BCUT2D eigenvalue weighted by molar-refractivity contribution is 7.92. The summed E-state index contributed by atoms with van der Waals surface area (Å²) in [6.45, 7) is 0. The van der Waals surface area contributed by atoms with Crippen molar-refractivity contribution >= 4 is 43.5 Å². The van der Waals surface area contributed by atoms with Crippen LogP contribution in [0.15, 0.2) is 95.4 Å². The van der Waals surface area contributed by atoms with Crippen LogP contribution in [0.25, 0.3) is 55.6 Å². The van der Waals surface area contributed by atoms with E-state index in [9.17, 15) is 17.6 Å². The molecule has 1 amide bonds. The first-order valence-corrected chi connectivity index (χ1v) is 15.1. The van der Waals surface area contributed by atoms with Crippen LogP contribution < -0.4 is 9.62 Å². The number of fused-ring (bicyclic) bond motifs is 2. The molecule has 0 spiro atoms. The Labute approximate surface area is 242 Å². The van der Waals surface area contributed by atoms with Crippen LogP contribution in [-0.2, 0) is 17.1 Å². The number of anilines is 1. The lowest BCUT2D eigenvalue weighted by Crippen LogP contribution is -2.25. The van der Waals surface area contributed by atoms with Crippen LogP contribution >= 0.6 is 0 Å². The molecule has 1 N–H and O–H groups in total. The smallest absolute Gasteiger partial charge is 0.255 e. The largest absolute Gasteiger partial charge is 0.455 e. The predicted molar refractivity (Wildman–Crippen MR) is 166 cm³/mol. The summed E-state index contributed by atoms with van der Waals surface area (Å²) >= 11 is 0. The molecule has 0 aliphatic heterocycles. The molecule has 2 aromatic heterocycles. The van der Waals surface area contributed by atoms with Gasteiger partial charge >= 0.3 is 0 Å². The Bertz CT molecular complexity index is 2110. The molecule has 0 aliphatic carbocycles. The molecular weight excluding hydrogens is 553 g/mol. The van der Waals surface area contributed by atoms with Gasteiger partial charge in [0.2, 0.25) is 10.0 Å². The van der Waals surface area contributed by atoms with E-state index in [4.69, 9.17) is 4.42 Å². The van der Waals surface area contributed by atoms with Crippen molar-refractivity contribution in [2.24, 2.45) is 7.05 Å². The summed E-state index contributed by atoms with van der Waals surface area (Å²) in [4.78, 5) is 13.2. The molecular formula is C33H28FN3O4S. The summed E-state index contributed by atoms with van der Waals surface area (Å²) in [5.41, 5.74) is 5.93. The number of aryl methyl sites for hydroxylation is 1. The summed E-state index contributed by atoms with van der Waals surface area (Å²) in [5, 5.41) is 4.29. The van der Waals surface area contributed by atoms with Crippen LogP contribution in [0.3, 0.4) is 0 Å². The van der Waals surface area contributed by atoms with Gasteiger partial charge in [0.05, 0.1) is 17.5 Å². The van der Waals surface area contributed by atoms with Crippen molar-refractivity contribution in [2.75, 3.05) is 24.7 Å². The van der Waals surface area contributed by atoms with Gasteiger partial charge in [0, 0.05) is 60.3 Å². The van der Waals surface area contributed by atoms with Crippen molar-refractivity contribution in [2.45, 2.75) is 0 Å². The number of aromatic nitrogens is 1. The lowest BCUT2D eigenvalue weighted by Gasteiger charge is -2.21. The van der Waals surface area contributed by atoms with E-state index in [0.717, 1.165) is 34.0 Å². The average Bonchev–Trinajstić information content (AvgIpc) is 3.53. The van der Waals surface area contributed by atoms with E-state index in [1.54, 1.807) is 12.1 Å². The van der Waals surface area contributed by atoms with Crippen molar-refractivity contribution in [3.8, 4) is 33.7 Å². The molecule has 7 nitrogen and oxygen atoms in total. The van der Waals surface area contributed by atoms with Crippen LogP contribution in [0.5, 0.6) is 0 Å². The van der Waals surface area contributed by atoms with Gasteiger partial charge in [-0.25, -0.2) is 12.8 Å². The maximum atomic E-state index is 13.7. The molecule has 0 fully saturated rings. The van der Waals surface area contributed by atoms with E-state index in [-0.39, 0.29) is 17.2 Å². The Morgan fingerprint density at radius 1 is 0.905 bits per heavy atom. The molecule has 0 saturated carbocycles. The monoisotopic (exact) mass is 581 g/mol. The second-order valence-corrected chi connectivity index (χ2v) is 12.2. The fourth-order valence-corrected chi connectivity index (χ4v) is 5.88. The topological polar surface area (TPSA) is 84.6 Å². The predicted octanol–water partition coefficient (Wildman–Crippen LogP) is 6.82. The Morgan fingerprint density at radius 3 is 2.31 bits per heavy atom. The SMILES string of the molecule is CNC(=O)c1c(-c2ccc(F)cc2)oc2cc(N(C)S(C)(=O)=O)c(-c3cccc(-c4cc5ccccc5n4C)c3)cc12. The van der Waals surface area contributed by atoms with Crippen molar-refractivity contribution in [3.05, 3.63) is 102 Å². The fourth-order valence-electron chi connectivity index (χ4n) is 5.37. The van der Waals surface area contributed by atoms with E-state index in [2.05, 4.69) is 28.1 Å². The zero-order chi connectivity index (χ0) is 29.8. The lowest BCUT2D eigenvalue weighted by molar-refractivity contribution is 0.0964. The van der Waals surface area contributed by atoms with Crippen molar-refractivity contribution in [1.82, 2.24) is 9.88 Å². The Hall–Kier alpha value is -4.89. The van der Waals surface area contributed by atoms with Crippen LogP contribution in [-0.4, -0.2) is 39.2 Å². The molecule has 42 heavy (non-hydrogen) atoms. The van der Waals surface area contributed by atoms with E-state index in [0.29, 0.717) is 27.8 Å². The zero-order valence-electron chi connectivity index (χ0n) is 23.5. The fraction of sp³-hybridized carbons (Fsp3) is 0.121. The number of hydrogen-bond acceptors (Lipinski definition) is 4. The maximum absolute atomic E-state index is 13.7. The number of furan rings is 1. The Balaban J connectivity index is 1.62. The lowest BCUT2D eigenvalue weighted by atomic mass is 9.96. The van der Waals surface area contributed by atoms with E-state index in [1.807, 2.05) is 43.4 Å². The van der Waals surface area contributed by atoms with Crippen molar-refractivity contribution < 1.29 is 22.0 Å². The number of carbonyl (C=O) groups excluding carboxylic acids is 1. The highest BCUT2D eigenvalue weighted by atomic mass is 32.2. The van der Waals surface area contributed by atoms with E-state index >= 15 is 0 Å². The normalized spacial score (nSPS) is 11.7. The molecule has 0 aliphatic rings. The molecule has 9 heteroatoms. The number of amides is 1. The van der Waals surface area contributed by atoms with E-state index in [1.165, 1.54) is 42.7 Å². The minimum absolute atomic E-state index is 0.263. The number of nitrogens with one attached hydrogen (secondary N) is 1. The molecule has 2 heterocycles. The number of halogens is 1. The van der Waals surface area contributed by atoms with Crippen LogP contribution in [0.4, 0.5) is 10.1 Å². The summed E-state index contributed by atoms with van der Waals surface area (Å²) in [5.74, 6) is -0.534. The zero-order valence-corrected chi connectivity index (χ0v) is 24.3. The second kappa shape index (κ2) is 10.2. The number of benzene rings is 4. The summed E-state index contributed by atoms with van der Waals surface area (Å²) < 4.78 is 48.7. The number of para-hydroxylation sites is 1. The maximum Gasteiger partial charge on any atom is 0.255 e. The van der Waals surface area contributed by atoms with E-state index < -0.39 is 15.8 Å². The van der Waals surface area contributed by atoms with Gasteiger partial charge in [0.15, 0.2) is 0 Å². The quantitative estimate of drug-likeness (QED) is 0.234. The first kappa shape index (κ1) is 27.3. The van der Waals surface area contributed by atoms with Crippen LogP contribution in [0, 0.1) is 5.82 Å². The van der Waals surface area contributed by atoms with Gasteiger partial charge in [-0.15, -0.1) is 0 Å². The molecule has 6 aromatic rings. The molecule has 6 rings (SSSR count). The Morgan fingerprint density at radius 2 is 1.62 bits per heavy atom. The van der Waals surface area contributed by atoms with Gasteiger partial charge in [0.25, 0.3) is 5.91 Å². The first-order chi connectivity index (χ1) is 20.1. The highest BCUT2D eigenvalue weighted by Gasteiger charge is 2.26. The molecule has 0 radical (unpaired) electrons. The van der Waals surface area contributed by atoms with Gasteiger partial charge < -0.3 is 14.3 Å². The standard InChI is InChI=1S/C33H28FN3O4S/c1-35-33(38)31-26-18-25(21-9-7-10-22(16-21)28-17-23-8-5-6-11-27(23)36(28)2)29(37(3)42(4,39)40)19-30(26)41-32(31)20-12-14-24(34)15-13-20/h5-19H,1-4H3,(H,35,38). The van der Waals surface area contributed by atoms with Gasteiger partial charge in [-0.05, 0) is 59.7 Å². The molecule has 212 valence electrons. The number of rotatable bonds is 6. The number of sulfonamides is 1. The summed E-state index contributed by atoms with van der Waals surface area (Å²) in [6, 6.07) is 27.2. The number of hydrogen-bond donors (Lipinski definition) is 1. The minimum atomic E-state index is -3.66. The van der Waals surface area contributed by atoms with Crippen LogP contribution in [0.2, 0.25) is 0 Å². The first-order valence-electron chi connectivity index (χ1n) is 13.2. The third kappa shape index (κ3) is 4.61. The van der Waals surface area contributed by atoms with Crippen LogP contribution in [0.1, 0.15) is 10.4 Å². The van der Waals surface area contributed by atoms with Gasteiger partial charge in [-0.3, -0.25) is 9.10 Å². The van der Waals surface area contributed by atoms with Gasteiger partial charge in [0.1, 0.15) is 17.2 Å². The third-order valence-electron chi connectivity index (χ3n) is 7.62. The summed E-state index contributed by atoms with van der Waals surface area (Å²) in [7, 11) is 1.36. The molecule has 0 bridgehead atoms. The number of carbonyl (C=O) groups is 1. The minimum Gasteiger partial charge on any atom is -0.455 e. The average molecular weight is 582 g/mol. The Kier molecular flexibility index (Phi) is 6.62. The third-order valence-corrected chi connectivity index (χ3v) is 8.82. The molecule has 0 atom stereocenters. The summed E-state index contributed by atoms with van der Waals surface area (Å²) in [6.07, 6.45) is 1.13. The highest BCUT2D eigenvalue weighted by Crippen LogP contribution is 2.42. The molecule has 4 aromatic carbocycles. The van der Waals surface area contributed by atoms with Gasteiger partial charge in [-0.1, -0.05) is 36.4 Å². The number of nitrogens with zero attached hydrogens (tertiary/aromatic N) is 2. The van der Waals surface area contributed by atoms with Crippen molar-refractivity contribution in [3.63, 3.8) is 0 Å². The molecule has 0 unspecified atom stereocenters. The van der Waals surface area contributed by atoms with Gasteiger partial charge in [-0.2, -0.15) is 0 Å². The van der Waals surface area contributed by atoms with Crippen molar-refractivity contribution in [1.29, 1.82) is 0 Å². The second-order valence-electron chi connectivity index (χ2n) is 10.2. The molecule has 0 saturated heterocycles.